The molecule has 0 aliphatic heterocycles. The van der Waals surface area contributed by atoms with Gasteiger partial charge in [0.15, 0.2) is 0 Å². The van der Waals surface area contributed by atoms with Crippen LogP contribution in [0.15, 0.2) is 0 Å². The van der Waals surface area contributed by atoms with Gasteiger partial charge in [-0.25, -0.2) is 0 Å². The summed E-state index contributed by atoms with van der Waals surface area (Å²) in [6.45, 7) is 2.78. The topological polar surface area (TPSA) is 23.8 Å². The fourth-order valence-electron chi connectivity index (χ4n) is 1.16. The van der Waals surface area contributed by atoms with Crippen molar-refractivity contribution in [3.05, 3.63) is 0 Å². The van der Waals surface area contributed by atoms with Crippen LogP contribution in [0, 0.1) is 11.8 Å². The van der Waals surface area contributed by atoms with Gasteiger partial charge in [-0.05, 0) is 19.3 Å². The maximum Gasteiger partial charge on any atom is 0.0100 e. The predicted octanol–water partition coefficient (Wildman–Crippen LogP) is 3.41. The van der Waals surface area contributed by atoms with E-state index < -0.39 is 0 Å². The summed E-state index contributed by atoms with van der Waals surface area (Å²) in [6.07, 6.45) is 9.41. The Morgan fingerprint density at radius 1 is 0.846 bits per heavy atom. The molecule has 1 N–H and O–H groups in total. The standard InChI is InChI=1S/C12H22N/c1-2-3-4-5-6-7-8-9-10-11-12-13/h13H,2-6,9-12H2,1H3. The van der Waals surface area contributed by atoms with Crippen molar-refractivity contribution in [1.82, 2.24) is 5.73 Å². The van der Waals surface area contributed by atoms with Gasteiger partial charge in [0, 0.05) is 19.4 Å². The van der Waals surface area contributed by atoms with Gasteiger partial charge in [-0.2, -0.15) is 0 Å². The number of hydrogen-bond acceptors (Lipinski definition) is 0. The molecule has 0 amide bonds. The molecule has 0 unspecified atom stereocenters. The largest absolute Gasteiger partial charge is 0.258 e. The van der Waals surface area contributed by atoms with E-state index in [1.54, 1.807) is 0 Å². The highest BCUT2D eigenvalue weighted by molar-refractivity contribution is 4.98. The smallest absolute Gasteiger partial charge is 0.0100 e. The van der Waals surface area contributed by atoms with Crippen LogP contribution in [0.5, 0.6) is 0 Å². The Hall–Kier alpha value is -0.480. The zero-order valence-electron chi connectivity index (χ0n) is 8.86. The van der Waals surface area contributed by atoms with Crippen molar-refractivity contribution in [3.8, 4) is 11.8 Å². The highest BCUT2D eigenvalue weighted by Gasteiger charge is 1.84. The number of nitrogens with one attached hydrogen (secondary N) is 1. The minimum atomic E-state index is 0.554. The fourth-order valence-corrected chi connectivity index (χ4v) is 1.16. The molecule has 0 bridgehead atoms. The minimum Gasteiger partial charge on any atom is -0.258 e. The zero-order chi connectivity index (χ0) is 9.78. The van der Waals surface area contributed by atoms with Crippen molar-refractivity contribution >= 4 is 0 Å². The second-order valence-corrected chi connectivity index (χ2v) is 3.37. The molecule has 13 heavy (non-hydrogen) atoms. The van der Waals surface area contributed by atoms with Crippen LogP contribution in [-0.4, -0.2) is 6.54 Å². The average Bonchev–Trinajstić information content (AvgIpc) is 2.16. The van der Waals surface area contributed by atoms with Crippen molar-refractivity contribution in [2.75, 3.05) is 6.54 Å². The summed E-state index contributed by atoms with van der Waals surface area (Å²) in [6, 6.07) is 0. The van der Waals surface area contributed by atoms with Gasteiger partial charge in [0.2, 0.25) is 0 Å². The van der Waals surface area contributed by atoms with E-state index in [9.17, 15) is 0 Å². The highest BCUT2D eigenvalue weighted by atomic mass is 14.5. The Morgan fingerprint density at radius 2 is 1.46 bits per heavy atom. The van der Waals surface area contributed by atoms with Gasteiger partial charge in [-0.3, -0.25) is 5.73 Å². The Morgan fingerprint density at radius 3 is 2.00 bits per heavy atom. The maximum absolute atomic E-state index is 6.95. The molecule has 0 heterocycles. The van der Waals surface area contributed by atoms with Crippen LogP contribution in [0.25, 0.3) is 0 Å². The van der Waals surface area contributed by atoms with Crippen LogP contribution in [-0.2, 0) is 0 Å². The van der Waals surface area contributed by atoms with Crippen LogP contribution in [0.2, 0.25) is 0 Å². The van der Waals surface area contributed by atoms with Gasteiger partial charge in [-0.1, -0.05) is 26.2 Å². The van der Waals surface area contributed by atoms with Gasteiger partial charge in [0.05, 0.1) is 0 Å². The Bertz CT molecular complexity index is 141. The van der Waals surface area contributed by atoms with Gasteiger partial charge in [0.1, 0.15) is 0 Å². The maximum atomic E-state index is 6.95. The second-order valence-electron chi connectivity index (χ2n) is 3.37. The fraction of sp³-hybridized carbons (Fsp3) is 0.833. The van der Waals surface area contributed by atoms with E-state index in [4.69, 9.17) is 5.73 Å². The van der Waals surface area contributed by atoms with E-state index in [1.165, 1.54) is 25.7 Å². The summed E-state index contributed by atoms with van der Waals surface area (Å²) in [5.41, 5.74) is 6.95. The van der Waals surface area contributed by atoms with E-state index in [-0.39, 0.29) is 0 Å². The van der Waals surface area contributed by atoms with Crippen molar-refractivity contribution in [1.29, 1.82) is 0 Å². The molecule has 0 saturated heterocycles. The molecule has 0 aliphatic carbocycles. The molecule has 1 nitrogen and oxygen atoms in total. The van der Waals surface area contributed by atoms with Crippen LogP contribution >= 0.6 is 0 Å². The predicted molar refractivity (Wildman–Crippen MR) is 58.3 cm³/mol. The monoisotopic (exact) mass is 180 g/mol. The Kier molecular flexibility index (Phi) is 11.1. The van der Waals surface area contributed by atoms with Gasteiger partial charge < -0.3 is 0 Å². The molecule has 1 heteroatoms. The zero-order valence-corrected chi connectivity index (χ0v) is 8.86. The molecule has 0 aromatic carbocycles. The van der Waals surface area contributed by atoms with Crippen LogP contribution in [0.1, 0.15) is 58.3 Å². The Balaban J connectivity index is 3.02. The minimum absolute atomic E-state index is 0.554. The molecule has 0 aromatic heterocycles. The molecule has 0 atom stereocenters. The number of hydrogen-bond donors (Lipinski definition) is 0. The third kappa shape index (κ3) is 11.5. The van der Waals surface area contributed by atoms with E-state index in [2.05, 4.69) is 18.8 Å². The van der Waals surface area contributed by atoms with Crippen molar-refractivity contribution in [2.45, 2.75) is 58.3 Å². The molecule has 0 aliphatic rings. The lowest BCUT2D eigenvalue weighted by molar-refractivity contribution is 0.679. The van der Waals surface area contributed by atoms with Gasteiger partial charge in [0.25, 0.3) is 0 Å². The average molecular weight is 180 g/mol. The first kappa shape index (κ1) is 12.5. The van der Waals surface area contributed by atoms with Crippen molar-refractivity contribution < 1.29 is 0 Å². The Labute approximate surface area is 83.1 Å². The molecule has 0 aromatic rings. The van der Waals surface area contributed by atoms with Gasteiger partial charge in [-0.15, -0.1) is 11.8 Å². The summed E-state index contributed by atoms with van der Waals surface area (Å²) in [7, 11) is 0. The lowest BCUT2D eigenvalue weighted by Crippen LogP contribution is -1.83. The van der Waals surface area contributed by atoms with E-state index in [0.29, 0.717) is 6.54 Å². The second kappa shape index (κ2) is 11.5. The van der Waals surface area contributed by atoms with Crippen LogP contribution in [0.3, 0.4) is 0 Å². The quantitative estimate of drug-likeness (QED) is 0.423. The number of rotatable bonds is 7. The van der Waals surface area contributed by atoms with E-state index in [1.807, 2.05) is 0 Å². The molecule has 0 spiro atoms. The summed E-state index contributed by atoms with van der Waals surface area (Å²) in [5, 5.41) is 0. The van der Waals surface area contributed by atoms with Crippen LogP contribution < -0.4 is 5.73 Å². The third-order valence-corrected chi connectivity index (χ3v) is 2.01. The summed E-state index contributed by atoms with van der Waals surface area (Å²) < 4.78 is 0. The normalized spacial score (nSPS) is 9.38. The first-order valence-electron chi connectivity index (χ1n) is 5.52. The SMILES string of the molecule is CCCCCCC#CCCCC[NH]. The molecule has 1 radical (unpaired) electrons. The molecular weight excluding hydrogens is 158 g/mol. The van der Waals surface area contributed by atoms with E-state index in [0.717, 1.165) is 25.7 Å². The van der Waals surface area contributed by atoms with Crippen molar-refractivity contribution in [3.63, 3.8) is 0 Å². The van der Waals surface area contributed by atoms with Crippen molar-refractivity contribution in [2.24, 2.45) is 0 Å². The molecule has 0 fully saturated rings. The summed E-state index contributed by atoms with van der Waals surface area (Å²) in [4.78, 5) is 0. The van der Waals surface area contributed by atoms with Gasteiger partial charge >= 0.3 is 0 Å². The van der Waals surface area contributed by atoms with Crippen LogP contribution in [0.4, 0.5) is 0 Å². The molecule has 75 valence electrons. The third-order valence-electron chi connectivity index (χ3n) is 2.01. The highest BCUT2D eigenvalue weighted by Crippen LogP contribution is 2.01. The lowest BCUT2D eigenvalue weighted by atomic mass is 10.1. The molecule has 0 saturated carbocycles. The summed E-state index contributed by atoms with van der Waals surface area (Å²) in [5.74, 6) is 6.36. The lowest BCUT2D eigenvalue weighted by Gasteiger charge is -1.92. The van der Waals surface area contributed by atoms with E-state index >= 15 is 0 Å². The summed E-state index contributed by atoms with van der Waals surface area (Å²) >= 11 is 0. The molecule has 0 rings (SSSR count). The molecular formula is C12H22N. The number of unbranched alkanes of at least 4 members (excludes halogenated alkanes) is 6. The first-order chi connectivity index (χ1) is 6.41. The first-order valence-corrected chi connectivity index (χ1v) is 5.52.